The first-order chi connectivity index (χ1) is 5.24. The second-order valence-corrected chi connectivity index (χ2v) is 2.45. The predicted octanol–water partition coefficient (Wildman–Crippen LogP) is 2.40. The highest BCUT2D eigenvalue weighted by Crippen LogP contribution is 2.18. The predicted molar refractivity (Wildman–Crippen MR) is 54.0 cm³/mol. The Balaban J connectivity index is 0.00000121. The fourth-order valence-electron chi connectivity index (χ4n) is 0.905. The maximum Gasteiger partial charge on any atom is 0.119 e. The molecule has 0 bridgehead atoms. The third-order valence-corrected chi connectivity index (χ3v) is 1.55. The van der Waals surface area contributed by atoms with Crippen LogP contribution >= 0.6 is 12.4 Å². The van der Waals surface area contributed by atoms with E-state index in [1.165, 1.54) is 0 Å². The fourth-order valence-corrected chi connectivity index (χ4v) is 0.905. The maximum atomic E-state index is 5.63. The minimum absolute atomic E-state index is 0. The smallest absolute Gasteiger partial charge is 0.119 e. The first-order valence-electron chi connectivity index (χ1n) is 3.73. The molecule has 0 aliphatic rings. The lowest BCUT2D eigenvalue weighted by Gasteiger charge is -2.04. The van der Waals surface area contributed by atoms with Gasteiger partial charge in [0.05, 0.1) is 6.61 Å². The normalized spacial score (nSPS) is 8.83. The molecule has 0 aromatic heterocycles. The number of rotatable bonds is 2. The topological polar surface area (TPSA) is 35.2 Å². The van der Waals surface area contributed by atoms with Crippen molar-refractivity contribution in [2.75, 3.05) is 12.3 Å². The number of anilines is 1. The monoisotopic (exact) mass is 187 g/mol. The van der Waals surface area contributed by atoms with Crippen LogP contribution in [0.25, 0.3) is 0 Å². The van der Waals surface area contributed by atoms with Gasteiger partial charge in [0.2, 0.25) is 0 Å². The molecular formula is C9H14ClNO. The van der Waals surface area contributed by atoms with Gasteiger partial charge in [-0.25, -0.2) is 0 Å². The average molecular weight is 188 g/mol. The number of aryl methyl sites for hydroxylation is 1. The quantitative estimate of drug-likeness (QED) is 0.722. The average Bonchev–Trinajstić information content (AvgIpc) is 1.98. The van der Waals surface area contributed by atoms with Crippen molar-refractivity contribution in [3.63, 3.8) is 0 Å². The Morgan fingerprint density at radius 2 is 2.08 bits per heavy atom. The molecule has 1 aromatic carbocycles. The summed E-state index contributed by atoms with van der Waals surface area (Å²) < 4.78 is 5.29. The van der Waals surface area contributed by atoms with Gasteiger partial charge in [-0.3, -0.25) is 0 Å². The molecule has 0 aliphatic heterocycles. The Morgan fingerprint density at radius 3 is 2.58 bits per heavy atom. The first kappa shape index (κ1) is 11.1. The number of benzene rings is 1. The van der Waals surface area contributed by atoms with E-state index in [0.29, 0.717) is 6.61 Å². The number of halogens is 1. The zero-order chi connectivity index (χ0) is 8.27. The van der Waals surface area contributed by atoms with Gasteiger partial charge in [0, 0.05) is 5.69 Å². The molecule has 2 N–H and O–H groups in total. The summed E-state index contributed by atoms with van der Waals surface area (Å²) in [5.74, 6) is 0.888. The van der Waals surface area contributed by atoms with Crippen LogP contribution in [0.1, 0.15) is 12.5 Å². The summed E-state index contributed by atoms with van der Waals surface area (Å²) in [4.78, 5) is 0. The molecular weight excluding hydrogens is 174 g/mol. The fraction of sp³-hybridized carbons (Fsp3) is 0.333. The zero-order valence-electron chi connectivity index (χ0n) is 7.33. The summed E-state index contributed by atoms with van der Waals surface area (Å²) in [5, 5.41) is 0. The van der Waals surface area contributed by atoms with Gasteiger partial charge in [0.25, 0.3) is 0 Å². The molecule has 0 atom stereocenters. The SMILES string of the molecule is CCOc1ccc(N)c(C)c1.Cl. The summed E-state index contributed by atoms with van der Waals surface area (Å²) in [6.45, 7) is 4.63. The molecule has 0 fully saturated rings. The molecule has 0 amide bonds. The third-order valence-electron chi connectivity index (χ3n) is 1.55. The summed E-state index contributed by atoms with van der Waals surface area (Å²) in [6, 6.07) is 5.69. The van der Waals surface area contributed by atoms with Crippen molar-refractivity contribution in [3.8, 4) is 5.75 Å². The van der Waals surface area contributed by atoms with Crippen molar-refractivity contribution in [3.05, 3.63) is 23.8 Å². The van der Waals surface area contributed by atoms with Crippen LogP contribution in [0.5, 0.6) is 5.75 Å². The lowest BCUT2D eigenvalue weighted by molar-refractivity contribution is 0.340. The van der Waals surface area contributed by atoms with Gasteiger partial charge in [-0.2, -0.15) is 0 Å². The van der Waals surface area contributed by atoms with Crippen LogP contribution in [0.2, 0.25) is 0 Å². The second-order valence-electron chi connectivity index (χ2n) is 2.45. The van der Waals surface area contributed by atoms with E-state index in [-0.39, 0.29) is 12.4 Å². The summed E-state index contributed by atoms with van der Waals surface area (Å²) in [6.07, 6.45) is 0. The Bertz CT molecular complexity index is 250. The van der Waals surface area contributed by atoms with E-state index < -0.39 is 0 Å². The van der Waals surface area contributed by atoms with Crippen LogP contribution in [-0.2, 0) is 0 Å². The molecule has 0 unspecified atom stereocenters. The van der Waals surface area contributed by atoms with Gasteiger partial charge in [0.1, 0.15) is 5.75 Å². The molecule has 0 heterocycles. The van der Waals surface area contributed by atoms with E-state index in [1.54, 1.807) is 0 Å². The van der Waals surface area contributed by atoms with Crippen LogP contribution in [0.4, 0.5) is 5.69 Å². The zero-order valence-corrected chi connectivity index (χ0v) is 8.15. The lowest BCUT2D eigenvalue weighted by atomic mass is 10.2. The van der Waals surface area contributed by atoms with E-state index in [0.717, 1.165) is 17.0 Å². The van der Waals surface area contributed by atoms with Crippen molar-refractivity contribution in [2.24, 2.45) is 0 Å². The molecule has 0 aliphatic carbocycles. The van der Waals surface area contributed by atoms with Gasteiger partial charge in [-0.05, 0) is 37.6 Å². The summed E-state index contributed by atoms with van der Waals surface area (Å²) in [5.41, 5.74) is 7.51. The largest absolute Gasteiger partial charge is 0.494 e. The number of ether oxygens (including phenoxy) is 1. The Kier molecular flexibility index (Phi) is 4.52. The van der Waals surface area contributed by atoms with Gasteiger partial charge < -0.3 is 10.5 Å². The van der Waals surface area contributed by atoms with Crippen LogP contribution in [0.15, 0.2) is 18.2 Å². The molecule has 0 saturated heterocycles. The van der Waals surface area contributed by atoms with Crippen LogP contribution in [-0.4, -0.2) is 6.61 Å². The molecule has 68 valence electrons. The van der Waals surface area contributed by atoms with Crippen LogP contribution < -0.4 is 10.5 Å². The van der Waals surface area contributed by atoms with Gasteiger partial charge in [-0.1, -0.05) is 0 Å². The van der Waals surface area contributed by atoms with E-state index in [1.807, 2.05) is 32.0 Å². The molecule has 0 spiro atoms. The first-order valence-corrected chi connectivity index (χ1v) is 3.73. The standard InChI is InChI=1S/C9H13NO.ClH/c1-3-11-8-4-5-9(10)7(2)6-8;/h4-6H,3,10H2,1-2H3;1H. The Morgan fingerprint density at radius 1 is 1.42 bits per heavy atom. The summed E-state index contributed by atoms with van der Waals surface area (Å²) in [7, 11) is 0. The minimum atomic E-state index is 0. The highest BCUT2D eigenvalue weighted by Gasteiger charge is 1.95. The van der Waals surface area contributed by atoms with Crippen molar-refractivity contribution >= 4 is 18.1 Å². The lowest BCUT2D eigenvalue weighted by Crippen LogP contribution is -1.94. The molecule has 0 saturated carbocycles. The number of nitrogen functional groups attached to an aromatic ring is 1. The molecule has 1 rings (SSSR count). The summed E-state index contributed by atoms with van der Waals surface area (Å²) >= 11 is 0. The van der Waals surface area contributed by atoms with Crippen molar-refractivity contribution in [1.29, 1.82) is 0 Å². The van der Waals surface area contributed by atoms with Gasteiger partial charge in [0.15, 0.2) is 0 Å². The number of hydrogen-bond acceptors (Lipinski definition) is 2. The molecule has 1 aromatic rings. The van der Waals surface area contributed by atoms with E-state index in [4.69, 9.17) is 10.5 Å². The Hall–Kier alpha value is -0.890. The number of nitrogens with two attached hydrogens (primary N) is 1. The van der Waals surface area contributed by atoms with Crippen molar-refractivity contribution in [1.82, 2.24) is 0 Å². The number of hydrogen-bond donors (Lipinski definition) is 1. The highest BCUT2D eigenvalue weighted by atomic mass is 35.5. The molecule has 3 heteroatoms. The van der Waals surface area contributed by atoms with E-state index in [9.17, 15) is 0 Å². The Labute approximate surface area is 79.1 Å². The molecule has 2 nitrogen and oxygen atoms in total. The molecule has 0 radical (unpaired) electrons. The van der Waals surface area contributed by atoms with E-state index >= 15 is 0 Å². The van der Waals surface area contributed by atoms with Crippen molar-refractivity contribution in [2.45, 2.75) is 13.8 Å². The third kappa shape index (κ3) is 2.62. The second kappa shape index (κ2) is 4.88. The van der Waals surface area contributed by atoms with Gasteiger partial charge in [-0.15, -0.1) is 12.4 Å². The van der Waals surface area contributed by atoms with Gasteiger partial charge >= 0.3 is 0 Å². The van der Waals surface area contributed by atoms with Crippen LogP contribution in [0, 0.1) is 6.92 Å². The van der Waals surface area contributed by atoms with Crippen LogP contribution in [0.3, 0.4) is 0 Å². The van der Waals surface area contributed by atoms with E-state index in [2.05, 4.69) is 0 Å². The minimum Gasteiger partial charge on any atom is -0.494 e. The molecule has 12 heavy (non-hydrogen) atoms. The van der Waals surface area contributed by atoms with Crippen molar-refractivity contribution < 1.29 is 4.74 Å². The maximum absolute atomic E-state index is 5.63. The highest BCUT2D eigenvalue weighted by molar-refractivity contribution is 5.85.